The van der Waals surface area contributed by atoms with Gasteiger partial charge in [0.25, 0.3) is 5.91 Å². The minimum atomic E-state index is -0.196. The van der Waals surface area contributed by atoms with Gasteiger partial charge in [0.2, 0.25) is 0 Å². The van der Waals surface area contributed by atoms with Crippen LogP contribution in [-0.4, -0.2) is 73.1 Å². The van der Waals surface area contributed by atoms with Crippen molar-refractivity contribution in [2.45, 2.75) is 19.9 Å². The Bertz CT molecular complexity index is 1150. The second-order valence-electron chi connectivity index (χ2n) is 8.71. The van der Waals surface area contributed by atoms with E-state index in [2.05, 4.69) is 25.3 Å². The molecule has 9 heteroatoms. The molecule has 0 unspecified atom stereocenters. The van der Waals surface area contributed by atoms with Crippen LogP contribution in [0.2, 0.25) is 0 Å². The summed E-state index contributed by atoms with van der Waals surface area (Å²) in [5, 5.41) is 21.1. The molecule has 2 aromatic carbocycles. The van der Waals surface area contributed by atoms with Crippen molar-refractivity contribution < 1.29 is 19.4 Å². The number of methoxy groups -OCH3 is 2. The quantitative estimate of drug-likeness (QED) is 0.470. The molecule has 2 N–H and O–H groups in total. The van der Waals surface area contributed by atoms with Gasteiger partial charge >= 0.3 is 0 Å². The highest BCUT2D eigenvalue weighted by Crippen LogP contribution is 2.37. The van der Waals surface area contributed by atoms with Crippen LogP contribution >= 0.6 is 0 Å². The van der Waals surface area contributed by atoms with Crippen molar-refractivity contribution in [3.63, 3.8) is 0 Å². The number of nitrogens with zero attached hydrogens (tertiary/aromatic N) is 4. The van der Waals surface area contributed by atoms with Crippen molar-refractivity contribution in [3.05, 3.63) is 59.8 Å². The van der Waals surface area contributed by atoms with E-state index >= 15 is 0 Å². The molecule has 0 saturated carbocycles. The highest BCUT2D eigenvalue weighted by molar-refractivity contribution is 5.92. The number of nitrogens with one attached hydrogen (secondary N) is 1. The Kier molecular flexibility index (Phi) is 8.22. The van der Waals surface area contributed by atoms with Gasteiger partial charge in [-0.1, -0.05) is 19.1 Å². The van der Waals surface area contributed by atoms with Crippen LogP contribution in [-0.2, 0) is 6.54 Å². The van der Waals surface area contributed by atoms with Crippen LogP contribution in [0.15, 0.2) is 48.5 Å². The second kappa shape index (κ2) is 11.7. The molecular weight excluding hydrogens is 458 g/mol. The van der Waals surface area contributed by atoms with Gasteiger partial charge in [0, 0.05) is 39.3 Å². The van der Waals surface area contributed by atoms with E-state index < -0.39 is 0 Å². The van der Waals surface area contributed by atoms with Crippen molar-refractivity contribution in [1.82, 2.24) is 20.4 Å². The molecule has 1 aliphatic heterocycles. The minimum absolute atomic E-state index is 0.196. The largest absolute Gasteiger partial charge is 0.508 e. The number of carbonyl (C=O) groups is 1. The zero-order valence-corrected chi connectivity index (χ0v) is 21.0. The maximum Gasteiger partial charge on any atom is 0.271 e. The average Bonchev–Trinajstić information content (AvgIpc) is 2.92. The molecule has 0 atom stereocenters. The highest BCUT2D eigenvalue weighted by atomic mass is 16.5. The molecule has 1 amide bonds. The number of phenols is 1. The number of amides is 1. The Morgan fingerprint density at radius 2 is 1.69 bits per heavy atom. The maximum atomic E-state index is 12.1. The molecule has 190 valence electrons. The number of hydrogen-bond acceptors (Lipinski definition) is 8. The molecule has 1 fully saturated rings. The normalized spacial score (nSPS) is 13.9. The van der Waals surface area contributed by atoms with E-state index in [1.807, 2.05) is 37.3 Å². The smallest absolute Gasteiger partial charge is 0.271 e. The first-order valence-corrected chi connectivity index (χ1v) is 12.2. The first kappa shape index (κ1) is 25.2. The van der Waals surface area contributed by atoms with Gasteiger partial charge in [-0.05, 0) is 53.9 Å². The fraction of sp³-hybridized carbons (Fsp3) is 0.370. The SMILES string of the molecule is CCCNC(=O)c1ccc(N2CCN(Cc3c(OC)cc(-c4cccc(O)c4)cc3OC)CC2)nn1. The topological polar surface area (TPSA) is 100 Å². The number of piperazine rings is 1. The summed E-state index contributed by atoms with van der Waals surface area (Å²) in [5.74, 6) is 2.29. The van der Waals surface area contributed by atoms with Gasteiger partial charge in [-0.3, -0.25) is 9.69 Å². The molecule has 2 heterocycles. The van der Waals surface area contributed by atoms with Crippen LogP contribution in [0.4, 0.5) is 5.82 Å². The fourth-order valence-corrected chi connectivity index (χ4v) is 4.29. The van der Waals surface area contributed by atoms with Gasteiger partial charge in [0.15, 0.2) is 11.5 Å². The third-order valence-electron chi connectivity index (χ3n) is 6.28. The number of ether oxygens (including phenoxy) is 2. The lowest BCUT2D eigenvalue weighted by Crippen LogP contribution is -2.46. The number of aromatic nitrogens is 2. The monoisotopic (exact) mass is 491 g/mol. The number of benzene rings is 2. The van der Waals surface area contributed by atoms with Crippen LogP contribution in [0, 0.1) is 0 Å². The van der Waals surface area contributed by atoms with E-state index in [1.54, 1.807) is 32.4 Å². The van der Waals surface area contributed by atoms with Gasteiger partial charge in [-0.25, -0.2) is 0 Å². The van der Waals surface area contributed by atoms with E-state index in [-0.39, 0.29) is 11.7 Å². The first-order chi connectivity index (χ1) is 17.5. The van der Waals surface area contributed by atoms with Gasteiger partial charge in [0.05, 0.1) is 19.8 Å². The Hall–Kier alpha value is -3.85. The molecule has 0 aliphatic carbocycles. The summed E-state index contributed by atoms with van der Waals surface area (Å²) >= 11 is 0. The Morgan fingerprint density at radius 3 is 2.28 bits per heavy atom. The van der Waals surface area contributed by atoms with E-state index in [4.69, 9.17) is 9.47 Å². The summed E-state index contributed by atoms with van der Waals surface area (Å²) < 4.78 is 11.5. The lowest BCUT2D eigenvalue weighted by molar-refractivity contribution is 0.0947. The van der Waals surface area contributed by atoms with Gasteiger partial charge in [-0.15, -0.1) is 10.2 Å². The number of hydrogen-bond donors (Lipinski definition) is 2. The zero-order valence-electron chi connectivity index (χ0n) is 21.0. The molecule has 3 aromatic rings. The molecule has 0 radical (unpaired) electrons. The first-order valence-electron chi connectivity index (χ1n) is 12.2. The van der Waals surface area contributed by atoms with E-state index in [0.29, 0.717) is 18.8 Å². The summed E-state index contributed by atoms with van der Waals surface area (Å²) in [6.45, 7) is 6.57. The number of anilines is 1. The lowest BCUT2D eigenvalue weighted by Gasteiger charge is -2.35. The third-order valence-corrected chi connectivity index (χ3v) is 6.28. The number of carbonyl (C=O) groups excluding carboxylic acids is 1. The van der Waals surface area contributed by atoms with Crippen molar-refractivity contribution in [2.75, 3.05) is 51.8 Å². The summed E-state index contributed by atoms with van der Waals surface area (Å²) in [7, 11) is 3.32. The molecular formula is C27H33N5O4. The summed E-state index contributed by atoms with van der Waals surface area (Å²) in [4.78, 5) is 16.6. The second-order valence-corrected chi connectivity index (χ2v) is 8.71. The molecule has 0 spiro atoms. The standard InChI is InChI=1S/C27H33N5O4/c1-4-10-28-27(34)23-8-9-26(30-29-23)32-13-11-31(12-14-32)18-22-24(35-2)16-20(17-25(22)36-3)19-6-5-7-21(33)15-19/h5-9,15-17,33H,4,10-14,18H2,1-3H3,(H,28,34). The third kappa shape index (κ3) is 5.85. The van der Waals surface area contributed by atoms with Crippen molar-refractivity contribution in [3.8, 4) is 28.4 Å². The number of phenolic OH excluding ortho intramolecular Hbond substituents is 1. The predicted molar refractivity (Wildman–Crippen MR) is 139 cm³/mol. The van der Waals surface area contributed by atoms with Crippen molar-refractivity contribution in [2.24, 2.45) is 0 Å². The predicted octanol–water partition coefficient (Wildman–Crippen LogP) is 3.33. The summed E-state index contributed by atoms with van der Waals surface area (Å²) in [6.07, 6.45) is 0.876. The molecule has 0 bridgehead atoms. The van der Waals surface area contributed by atoms with E-state index in [0.717, 1.165) is 66.6 Å². The van der Waals surface area contributed by atoms with Crippen LogP contribution < -0.4 is 19.7 Å². The van der Waals surface area contributed by atoms with Crippen LogP contribution in [0.1, 0.15) is 29.4 Å². The van der Waals surface area contributed by atoms with Crippen LogP contribution in [0.3, 0.4) is 0 Å². The van der Waals surface area contributed by atoms with Crippen molar-refractivity contribution in [1.29, 1.82) is 0 Å². The minimum Gasteiger partial charge on any atom is -0.508 e. The Balaban J connectivity index is 1.42. The van der Waals surface area contributed by atoms with E-state index in [9.17, 15) is 9.90 Å². The molecule has 1 aromatic heterocycles. The van der Waals surface area contributed by atoms with Gasteiger partial charge < -0.3 is 24.8 Å². The zero-order chi connectivity index (χ0) is 25.5. The summed E-state index contributed by atoms with van der Waals surface area (Å²) in [6, 6.07) is 14.7. The van der Waals surface area contributed by atoms with Gasteiger partial charge in [-0.2, -0.15) is 0 Å². The molecule has 36 heavy (non-hydrogen) atoms. The molecule has 1 aliphatic rings. The maximum absolute atomic E-state index is 12.1. The summed E-state index contributed by atoms with van der Waals surface area (Å²) in [5.41, 5.74) is 3.12. The fourth-order valence-electron chi connectivity index (χ4n) is 4.29. The van der Waals surface area contributed by atoms with E-state index in [1.165, 1.54) is 0 Å². The Labute approximate surface area is 211 Å². The van der Waals surface area contributed by atoms with Crippen LogP contribution in [0.25, 0.3) is 11.1 Å². The Morgan fingerprint density at radius 1 is 0.972 bits per heavy atom. The highest BCUT2D eigenvalue weighted by Gasteiger charge is 2.22. The number of rotatable bonds is 9. The molecule has 4 rings (SSSR count). The van der Waals surface area contributed by atoms with Crippen LogP contribution in [0.5, 0.6) is 17.2 Å². The van der Waals surface area contributed by atoms with Gasteiger partial charge in [0.1, 0.15) is 17.2 Å². The van der Waals surface area contributed by atoms with Crippen molar-refractivity contribution >= 4 is 11.7 Å². The lowest BCUT2D eigenvalue weighted by atomic mass is 10.0. The number of aromatic hydroxyl groups is 1. The average molecular weight is 492 g/mol. The molecule has 9 nitrogen and oxygen atoms in total. The molecule has 1 saturated heterocycles.